The van der Waals surface area contributed by atoms with E-state index in [0.29, 0.717) is 17.7 Å². The third kappa shape index (κ3) is 3.40. The number of carboxylic acids is 1. The largest absolute Gasteiger partial charge is 0.544 e. The summed E-state index contributed by atoms with van der Waals surface area (Å²) >= 11 is 0. The highest BCUT2D eigenvalue weighted by Crippen LogP contribution is 2.44. The highest BCUT2D eigenvalue weighted by atomic mass is 16.5. The molecule has 0 spiro atoms. The van der Waals surface area contributed by atoms with Crippen LogP contribution >= 0.6 is 0 Å². The van der Waals surface area contributed by atoms with Crippen LogP contribution in [0.3, 0.4) is 0 Å². The van der Waals surface area contributed by atoms with Crippen LogP contribution in [0.25, 0.3) is 0 Å². The molecule has 2 heterocycles. The number of carbonyl (C=O) groups excluding carboxylic acids is 4. The number of hydrogen-bond acceptors (Lipinski definition) is 7. The van der Waals surface area contributed by atoms with Gasteiger partial charge in [0, 0.05) is 19.0 Å². The first-order valence-corrected chi connectivity index (χ1v) is 9.58. The van der Waals surface area contributed by atoms with Gasteiger partial charge in [0.2, 0.25) is 11.8 Å². The Labute approximate surface area is 167 Å². The van der Waals surface area contributed by atoms with Crippen LogP contribution in [0.2, 0.25) is 0 Å². The van der Waals surface area contributed by atoms with Crippen molar-refractivity contribution in [3.8, 4) is 5.75 Å². The molecule has 1 aromatic rings. The zero-order chi connectivity index (χ0) is 21.3. The first-order chi connectivity index (χ1) is 13.8. The van der Waals surface area contributed by atoms with Gasteiger partial charge in [0.25, 0.3) is 0 Å². The summed E-state index contributed by atoms with van der Waals surface area (Å²) in [5, 5.41) is 23.2. The van der Waals surface area contributed by atoms with Gasteiger partial charge in [0.05, 0.1) is 0 Å². The van der Waals surface area contributed by atoms with Crippen LogP contribution in [0.1, 0.15) is 38.3 Å². The van der Waals surface area contributed by atoms with E-state index in [1.807, 2.05) is 6.92 Å². The Bertz CT molecular complexity index is 838. The third-order valence-corrected chi connectivity index (χ3v) is 5.76. The lowest BCUT2D eigenvalue weighted by atomic mass is 9.79. The fourth-order valence-corrected chi connectivity index (χ4v) is 4.36. The predicted molar refractivity (Wildman–Crippen MR) is 95.8 cm³/mol. The van der Waals surface area contributed by atoms with Crippen molar-refractivity contribution in [1.29, 1.82) is 0 Å². The number of likely N-dealkylation sites (tertiary alicyclic amines) is 1. The van der Waals surface area contributed by atoms with E-state index in [4.69, 9.17) is 4.74 Å². The molecule has 0 aromatic heterocycles. The number of aliphatic carboxylic acids is 1. The van der Waals surface area contributed by atoms with Crippen LogP contribution < -0.4 is 15.2 Å². The second-order valence-electron chi connectivity index (χ2n) is 7.53. The van der Waals surface area contributed by atoms with Crippen molar-refractivity contribution in [3.05, 3.63) is 29.8 Å². The van der Waals surface area contributed by atoms with Crippen molar-refractivity contribution < 1.29 is 39.4 Å². The molecule has 2 amide bonds. The summed E-state index contributed by atoms with van der Waals surface area (Å²) in [6, 6.07) is 5.61. The number of amides is 2. The second-order valence-corrected chi connectivity index (χ2v) is 7.53. The average Bonchev–Trinajstić information content (AvgIpc) is 3.15. The number of quaternary nitrogens is 1. The maximum absolute atomic E-state index is 13.0. The molecular formula is C20H24N2O7. The second kappa shape index (κ2) is 7.92. The van der Waals surface area contributed by atoms with Gasteiger partial charge in [-0.25, -0.2) is 0 Å². The van der Waals surface area contributed by atoms with E-state index in [2.05, 4.69) is 0 Å². The molecule has 4 atom stereocenters. The standard InChI is InChI=1S/C20H24N2O7/c1-3-4-9-22-17(25)14-15(18(22)26)20(10-23,19(27)28)21-16(14)12-5-7-13(8-6-12)29-11(2)24/h5-8,14-16,21,23H,3-4,9-10H2,1-2H3,(H,27,28)/t14?,15?,16?,20-/m1/s1. The van der Waals surface area contributed by atoms with Crippen molar-refractivity contribution >= 4 is 23.8 Å². The molecular weight excluding hydrogens is 380 g/mol. The zero-order valence-electron chi connectivity index (χ0n) is 16.3. The highest BCUT2D eigenvalue weighted by molar-refractivity contribution is 6.08. The molecule has 29 heavy (non-hydrogen) atoms. The molecule has 0 radical (unpaired) electrons. The Balaban J connectivity index is 2.00. The van der Waals surface area contributed by atoms with Crippen LogP contribution in [-0.4, -0.2) is 52.4 Å². The number of nitrogens with two attached hydrogens (primary N) is 1. The molecule has 3 rings (SSSR count). The number of carbonyl (C=O) groups is 4. The summed E-state index contributed by atoms with van der Waals surface area (Å²) in [5.74, 6) is -4.90. The molecule has 156 valence electrons. The molecule has 2 aliphatic heterocycles. The van der Waals surface area contributed by atoms with Gasteiger partial charge >= 0.3 is 5.97 Å². The molecule has 2 fully saturated rings. The summed E-state index contributed by atoms with van der Waals surface area (Å²) in [5.41, 5.74) is -1.34. The summed E-state index contributed by atoms with van der Waals surface area (Å²) in [7, 11) is 0. The molecule has 9 heteroatoms. The minimum atomic E-state index is -1.93. The molecule has 0 saturated carbocycles. The SMILES string of the molecule is CCCCN1C(=O)C2C(c3ccc(OC(C)=O)cc3)[NH2+][C@@](CO)(C(=O)[O-])C2C1=O. The van der Waals surface area contributed by atoms with Gasteiger partial charge in [0.1, 0.15) is 36.2 Å². The van der Waals surface area contributed by atoms with Crippen LogP contribution in [0.5, 0.6) is 5.75 Å². The van der Waals surface area contributed by atoms with E-state index in [1.54, 1.807) is 12.1 Å². The number of imide groups is 1. The molecule has 1 aromatic carbocycles. The summed E-state index contributed by atoms with van der Waals surface area (Å²) in [6.45, 7) is 2.58. The number of carboxylic acid groups (broad SMARTS) is 1. The first-order valence-electron chi connectivity index (χ1n) is 9.58. The fraction of sp³-hybridized carbons (Fsp3) is 0.500. The Kier molecular flexibility index (Phi) is 5.72. The van der Waals surface area contributed by atoms with E-state index in [1.165, 1.54) is 24.4 Å². The first kappa shape index (κ1) is 20.9. The van der Waals surface area contributed by atoms with Crippen LogP contribution in [0.15, 0.2) is 24.3 Å². The topological polar surface area (TPSA) is 141 Å². The van der Waals surface area contributed by atoms with Crippen LogP contribution in [0, 0.1) is 11.8 Å². The van der Waals surface area contributed by atoms with Gasteiger partial charge < -0.3 is 25.1 Å². The number of rotatable bonds is 7. The normalized spacial score (nSPS) is 28.5. The van der Waals surface area contributed by atoms with E-state index >= 15 is 0 Å². The van der Waals surface area contributed by atoms with Gasteiger partial charge in [-0.05, 0) is 30.7 Å². The monoisotopic (exact) mass is 404 g/mol. The lowest BCUT2D eigenvalue weighted by molar-refractivity contribution is -0.740. The Hall–Kier alpha value is -2.78. The van der Waals surface area contributed by atoms with Crippen molar-refractivity contribution in [2.75, 3.05) is 13.2 Å². The molecule has 9 nitrogen and oxygen atoms in total. The lowest BCUT2D eigenvalue weighted by Gasteiger charge is -2.30. The fourth-order valence-electron chi connectivity index (χ4n) is 4.36. The van der Waals surface area contributed by atoms with Gasteiger partial charge in [-0.1, -0.05) is 13.3 Å². The molecule has 0 aliphatic carbocycles. The van der Waals surface area contributed by atoms with E-state index < -0.39 is 53.8 Å². The number of aliphatic hydroxyl groups is 1. The van der Waals surface area contributed by atoms with Gasteiger partial charge in [-0.15, -0.1) is 0 Å². The molecule has 3 unspecified atom stereocenters. The van der Waals surface area contributed by atoms with Crippen molar-refractivity contribution in [1.82, 2.24) is 4.90 Å². The number of esters is 1. The Morgan fingerprint density at radius 3 is 2.41 bits per heavy atom. The van der Waals surface area contributed by atoms with Crippen molar-refractivity contribution in [3.63, 3.8) is 0 Å². The maximum atomic E-state index is 13.0. The van der Waals surface area contributed by atoms with Crippen molar-refractivity contribution in [2.24, 2.45) is 11.8 Å². The van der Waals surface area contributed by atoms with Gasteiger partial charge in [-0.3, -0.25) is 19.3 Å². The number of benzene rings is 1. The van der Waals surface area contributed by atoms with Gasteiger partial charge in [0.15, 0.2) is 5.54 Å². The number of hydrogen-bond donors (Lipinski definition) is 2. The minimum Gasteiger partial charge on any atom is -0.544 e. The summed E-state index contributed by atoms with van der Waals surface area (Å²) < 4.78 is 5.00. The number of unbranched alkanes of at least 4 members (excludes halogenated alkanes) is 1. The number of ether oxygens (including phenoxy) is 1. The molecule has 2 aliphatic rings. The minimum absolute atomic E-state index is 0.216. The lowest BCUT2D eigenvalue weighted by Crippen LogP contribution is -3.00. The third-order valence-electron chi connectivity index (χ3n) is 5.76. The number of nitrogens with zero attached hydrogens (tertiary/aromatic N) is 1. The Morgan fingerprint density at radius 2 is 1.90 bits per heavy atom. The molecule has 3 N–H and O–H groups in total. The van der Waals surface area contributed by atoms with Crippen LogP contribution in [0.4, 0.5) is 0 Å². The molecule has 0 bridgehead atoms. The maximum Gasteiger partial charge on any atom is 0.308 e. The smallest absolute Gasteiger partial charge is 0.308 e. The highest BCUT2D eigenvalue weighted by Gasteiger charge is 2.69. The molecule has 2 saturated heterocycles. The predicted octanol–water partition coefficient (Wildman–Crippen LogP) is -1.89. The van der Waals surface area contributed by atoms with E-state index in [-0.39, 0.29) is 6.54 Å². The summed E-state index contributed by atoms with van der Waals surface area (Å²) in [4.78, 5) is 50.2. The number of fused-ring (bicyclic) bond motifs is 1. The summed E-state index contributed by atoms with van der Waals surface area (Å²) in [6.07, 6.45) is 1.38. The average molecular weight is 404 g/mol. The number of aliphatic hydroxyl groups excluding tert-OH is 1. The van der Waals surface area contributed by atoms with Crippen molar-refractivity contribution in [2.45, 2.75) is 38.3 Å². The quantitative estimate of drug-likeness (QED) is 0.308. The van der Waals surface area contributed by atoms with Crippen LogP contribution in [-0.2, 0) is 19.2 Å². The van der Waals surface area contributed by atoms with Gasteiger partial charge in [-0.2, -0.15) is 0 Å². The zero-order valence-corrected chi connectivity index (χ0v) is 16.3. The van der Waals surface area contributed by atoms with E-state index in [0.717, 1.165) is 11.3 Å². The van der Waals surface area contributed by atoms with E-state index in [9.17, 15) is 29.4 Å². The Morgan fingerprint density at radius 1 is 1.24 bits per heavy atom.